The summed E-state index contributed by atoms with van der Waals surface area (Å²) < 4.78 is 37.7. The molecule has 2 N–H and O–H groups in total. The van der Waals surface area contributed by atoms with Gasteiger partial charge in [-0.25, -0.2) is 0 Å². The smallest absolute Gasteiger partial charge is 0.351 e. The highest BCUT2D eigenvalue weighted by Gasteiger charge is 2.32. The normalized spacial score (nSPS) is 11.8. The lowest BCUT2D eigenvalue weighted by Gasteiger charge is -2.04. The molecule has 1 amide bonds. The lowest BCUT2D eigenvalue weighted by Crippen LogP contribution is -2.10. The van der Waals surface area contributed by atoms with Crippen LogP contribution >= 0.6 is 0 Å². The van der Waals surface area contributed by atoms with Gasteiger partial charge in [-0.3, -0.25) is 4.79 Å². The SMILES string of the molecule is CCCCC(=O)Nc1ccc2[nH]c(C(F)(F)F)cc2c1. The molecule has 6 heteroatoms. The number of hydrogen-bond acceptors (Lipinski definition) is 1. The Kier molecular flexibility index (Phi) is 4.01. The summed E-state index contributed by atoms with van der Waals surface area (Å²) in [5.41, 5.74) is 0.108. The van der Waals surface area contributed by atoms with Crippen LogP contribution in [0.1, 0.15) is 31.9 Å². The second kappa shape index (κ2) is 5.56. The summed E-state index contributed by atoms with van der Waals surface area (Å²) in [6, 6.07) is 5.69. The molecule has 2 aromatic rings. The lowest BCUT2D eigenvalue weighted by molar-refractivity contribution is -0.140. The number of carbonyl (C=O) groups excluding carboxylic acids is 1. The quantitative estimate of drug-likeness (QED) is 0.863. The van der Waals surface area contributed by atoms with Gasteiger partial charge in [0, 0.05) is 23.0 Å². The van der Waals surface area contributed by atoms with Crippen LogP contribution in [0.25, 0.3) is 10.9 Å². The first-order valence-corrected chi connectivity index (χ1v) is 6.40. The third kappa shape index (κ3) is 3.31. The second-order valence-electron chi connectivity index (χ2n) is 4.63. The number of aromatic amines is 1. The van der Waals surface area contributed by atoms with E-state index in [2.05, 4.69) is 10.3 Å². The molecule has 108 valence electrons. The highest BCUT2D eigenvalue weighted by molar-refractivity contribution is 5.93. The van der Waals surface area contributed by atoms with Crippen LogP contribution in [0.2, 0.25) is 0 Å². The van der Waals surface area contributed by atoms with Crippen molar-refractivity contribution in [3.05, 3.63) is 30.0 Å². The van der Waals surface area contributed by atoms with E-state index >= 15 is 0 Å². The Bertz CT molecular complexity index is 616. The van der Waals surface area contributed by atoms with Crippen molar-refractivity contribution < 1.29 is 18.0 Å². The van der Waals surface area contributed by atoms with Gasteiger partial charge < -0.3 is 10.3 Å². The van der Waals surface area contributed by atoms with Crippen molar-refractivity contribution in [2.24, 2.45) is 0 Å². The van der Waals surface area contributed by atoms with E-state index in [1.54, 1.807) is 6.07 Å². The zero-order chi connectivity index (χ0) is 14.8. The number of H-pyrrole nitrogens is 1. The standard InChI is InChI=1S/C14H15F3N2O/c1-2-3-4-13(20)18-10-5-6-11-9(7-10)8-12(19-11)14(15,16)17/h5-8,19H,2-4H2,1H3,(H,18,20). The van der Waals surface area contributed by atoms with Gasteiger partial charge in [0.15, 0.2) is 0 Å². The first kappa shape index (κ1) is 14.4. The van der Waals surface area contributed by atoms with Crippen LogP contribution in [0.15, 0.2) is 24.3 Å². The maximum atomic E-state index is 12.6. The first-order chi connectivity index (χ1) is 9.40. The number of nitrogens with one attached hydrogen (secondary N) is 2. The molecule has 0 atom stereocenters. The van der Waals surface area contributed by atoms with E-state index in [-0.39, 0.29) is 5.91 Å². The van der Waals surface area contributed by atoms with Crippen LogP contribution in [0.3, 0.4) is 0 Å². The van der Waals surface area contributed by atoms with E-state index in [9.17, 15) is 18.0 Å². The Morgan fingerprint density at radius 2 is 2.05 bits per heavy atom. The minimum Gasteiger partial charge on any atom is -0.351 e. The molecule has 3 nitrogen and oxygen atoms in total. The molecule has 20 heavy (non-hydrogen) atoms. The first-order valence-electron chi connectivity index (χ1n) is 6.40. The molecular formula is C14H15F3N2O. The number of rotatable bonds is 4. The van der Waals surface area contributed by atoms with Crippen molar-refractivity contribution in [3.8, 4) is 0 Å². The molecule has 0 unspecified atom stereocenters. The van der Waals surface area contributed by atoms with Crippen LogP contribution in [-0.2, 0) is 11.0 Å². The number of fused-ring (bicyclic) bond motifs is 1. The van der Waals surface area contributed by atoms with Crippen LogP contribution < -0.4 is 5.32 Å². The molecule has 0 bridgehead atoms. The molecule has 1 heterocycles. The summed E-state index contributed by atoms with van der Waals surface area (Å²) >= 11 is 0. The number of anilines is 1. The number of amides is 1. The molecule has 1 aromatic heterocycles. The van der Waals surface area contributed by atoms with Crippen LogP contribution in [0.5, 0.6) is 0 Å². The fourth-order valence-electron chi connectivity index (χ4n) is 1.92. The maximum absolute atomic E-state index is 12.6. The molecule has 0 spiro atoms. The van der Waals surface area contributed by atoms with E-state index in [0.717, 1.165) is 18.9 Å². The summed E-state index contributed by atoms with van der Waals surface area (Å²) in [5.74, 6) is -0.127. The highest BCUT2D eigenvalue weighted by atomic mass is 19.4. The van der Waals surface area contributed by atoms with Crippen molar-refractivity contribution in [2.75, 3.05) is 5.32 Å². The predicted molar refractivity (Wildman–Crippen MR) is 71.5 cm³/mol. The third-order valence-corrected chi connectivity index (χ3v) is 2.97. The van der Waals surface area contributed by atoms with Crippen LogP contribution in [-0.4, -0.2) is 10.9 Å². The summed E-state index contributed by atoms with van der Waals surface area (Å²) in [7, 11) is 0. The summed E-state index contributed by atoms with van der Waals surface area (Å²) in [6.07, 6.45) is -2.28. The molecule has 0 aliphatic carbocycles. The largest absolute Gasteiger partial charge is 0.431 e. The molecule has 1 aromatic carbocycles. The zero-order valence-corrected chi connectivity index (χ0v) is 11.0. The van der Waals surface area contributed by atoms with Gasteiger partial charge in [-0.1, -0.05) is 13.3 Å². The van der Waals surface area contributed by atoms with Gasteiger partial charge in [-0.2, -0.15) is 13.2 Å². The monoisotopic (exact) mass is 284 g/mol. The van der Waals surface area contributed by atoms with Gasteiger partial charge in [-0.05, 0) is 30.7 Å². The van der Waals surface area contributed by atoms with E-state index in [0.29, 0.717) is 23.0 Å². The van der Waals surface area contributed by atoms with Gasteiger partial charge in [0.2, 0.25) is 5.91 Å². The predicted octanol–water partition coefficient (Wildman–Crippen LogP) is 4.32. The van der Waals surface area contributed by atoms with E-state index in [4.69, 9.17) is 0 Å². The average Bonchev–Trinajstić information content (AvgIpc) is 2.79. The maximum Gasteiger partial charge on any atom is 0.431 e. The number of alkyl halides is 3. The van der Waals surface area contributed by atoms with Gasteiger partial charge >= 0.3 is 6.18 Å². The Morgan fingerprint density at radius 3 is 2.70 bits per heavy atom. The van der Waals surface area contributed by atoms with Crippen molar-refractivity contribution in [2.45, 2.75) is 32.4 Å². The van der Waals surface area contributed by atoms with Gasteiger partial charge in [0.1, 0.15) is 5.69 Å². The van der Waals surface area contributed by atoms with Gasteiger partial charge in [0.05, 0.1) is 0 Å². The highest BCUT2D eigenvalue weighted by Crippen LogP contribution is 2.31. The Labute approximate surface area is 114 Å². The molecule has 0 fully saturated rings. The van der Waals surface area contributed by atoms with Gasteiger partial charge in [0.25, 0.3) is 0 Å². The Morgan fingerprint density at radius 1 is 1.30 bits per heavy atom. The van der Waals surface area contributed by atoms with Gasteiger partial charge in [-0.15, -0.1) is 0 Å². The number of aromatic nitrogens is 1. The van der Waals surface area contributed by atoms with Crippen LogP contribution in [0.4, 0.5) is 18.9 Å². The van der Waals surface area contributed by atoms with Crippen molar-refractivity contribution >= 4 is 22.5 Å². The molecule has 0 radical (unpaired) electrons. The zero-order valence-electron chi connectivity index (χ0n) is 11.0. The number of hydrogen-bond donors (Lipinski definition) is 2. The molecule has 0 aliphatic rings. The van der Waals surface area contributed by atoms with Crippen LogP contribution in [0, 0.1) is 0 Å². The fraction of sp³-hybridized carbons (Fsp3) is 0.357. The number of halogens is 3. The molecule has 0 saturated carbocycles. The van der Waals surface area contributed by atoms with Crippen molar-refractivity contribution in [1.82, 2.24) is 4.98 Å². The van der Waals surface area contributed by atoms with Crippen molar-refractivity contribution in [3.63, 3.8) is 0 Å². The summed E-state index contributed by atoms with van der Waals surface area (Å²) in [5, 5.41) is 3.10. The Hall–Kier alpha value is -1.98. The third-order valence-electron chi connectivity index (χ3n) is 2.97. The summed E-state index contributed by atoms with van der Waals surface area (Å²) in [6.45, 7) is 1.98. The minimum absolute atomic E-state index is 0.127. The van der Waals surface area contributed by atoms with E-state index < -0.39 is 11.9 Å². The lowest BCUT2D eigenvalue weighted by atomic mass is 10.2. The van der Waals surface area contributed by atoms with E-state index in [1.165, 1.54) is 12.1 Å². The fourth-order valence-corrected chi connectivity index (χ4v) is 1.92. The number of benzene rings is 1. The minimum atomic E-state index is -4.40. The van der Waals surface area contributed by atoms with Crippen molar-refractivity contribution in [1.29, 1.82) is 0 Å². The average molecular weight is 284 g/mol. The summed E-state index contributed by atoms with van der Waals surface area (Å²) in [4.78, 5) is 13.9. The molecular weight excluding hydrogens is 269 g/mol. The second-order valence-corrected chi connectivity index (χ2v) is 4.63. The molecule has 2 rings (SSSR count). The molecule has 0 saturated heterocycles. The van der Waals surface area contributed by atoms with E-state index in [1.807, 2.05) is 6.92 Å². The topological polar surface area (TPSA) is 44.9 Å². The number of unbranched alkanes of at least 4 members (excludes halogenated alkanes) is 1. The Balaban J connectivity index is 2.19. The molecule has 0 aliphatic heterocycles. The number of carbonyl (C=O) groups is 1.